The van der Waals surface area contributed by atoms with Crippen LogP contribution in [0, 0.1) is 33.3 Å². The van der Waals surface area contributed by atoms with Crippen LogP contribution in [0.3, 0.4) is 0 Å². The first kappa shape index (κ1) is 36.1. The molecule has 0 aromatic heterocycles. The number of ether oxygens (including phenoxy) is 1. The maximum atomic E-state index is 7.50. The Morgan fingerprint density at radius 1 is 0.947 bits per heavy atom. The summed E-state index contributed by atoms with van der Waals surface area (Å²) in [6.07, 6.45) is 6.22. The molecule has 0 saturated carbocycles. The van der Waals surface area contributed by atoms with Crippen molar-refractivity contribution in [1.82, 2.24) is 0 Å². The summed E-state index contributed by atoms with van der Waals surface area (Å²) in [6.45, 7) is 24.5. The van der Waals surface area contributed by atoms with Crippen molar-refractivity contribution in [3.8, 4) is 0 Å². The number of allylic oxidation sites excluding steroid dienone is 2. The van der Waals surface area contributed by atoms with Gasteiger partial charge in [-0.25, -0.2) is 0 Å². The van der Waals surface area contributed by atoms with Crippen LogP contribution < -0.4 is 0 Å². The van der Waals surface area contributed by atoms with Gasteiger partial charge in [-0.3, -0.25) is 0 Å². The van der Waals surface area contributed by atoms with Crippen molar-refractivity contribution in [2.45, 2.75) is 19.8 Å². The fourth-order valence-corrected chi connectivity index (χ4v) is 0.654. The quantitative estimate of drug-likeness (QED) is 0.437. The second-order valence-corrected chi connectivity index (χ2v) is 2.39. The van der Waals surface area contributed by atoms with Gasteiger partial charge in [-0.15, -0.1) is 0 Å². The Balaban J connectivity index is -0.0000000356. The van der Waals surface area contributed by atoms with Crippen LogP contribution in [0.5, 0.6) is 0 Å². The predicted octanol–water partition coefficient (Wildman–Crippen LogP) is 1.48. The van der Waals surface area contributed by atoms with Crippen LogP contribution in [0.4, 0.5) is 0 Å². The molecule has 0 atom stereocenters. The predicted molar refractivity (Wildman–Crippen MR) is 55.7 cm³/mol. The van der Waals surface area contributed by atoms with Crippen LogP contribution in [0.1, 0.15) is 19.8 Å². The SMILES string of the molecule is C/C=C/CC[C](=[Cr])OC.[C-]#[O+].[C-]#[O+].[C-]#[O+].[C-]#[O+].[C-]#[O+]. The maximum absolute atomic E-state index is 7.50. The molecule has 102 valence electrons. The monoisotopic (exact) mass is 304 g/mol. The topological polar surface area (TPSA) is 109 Å². The van der Waals surface area contributed by atoms with Crippen molar-refractivity contribution in [3.05, 3.63) is 45.4 Å². The first-order valence-electron chi connectivity index (χ1n) is 4.01. The molecule has 0 fully saturated rings. The number of rotatable bonds is 4. The van der Waals surface area contributed by atoms with E-state index in [1.54, 1.807) is 7.11 Å². The van der Waals surface area contributed by atoms with E-state index in [0.29, 0.717) is 0 Å². The van der Waals surface area contributed by atoms with Crippen LogP contribution >= 0.6 is 0 Å². The van der Waals surface area contributed by atoms with E-state index in [4.69, 9.17) is 28.0 Å². The van der Waals surface area contributed by atoms with E-state index >= 15 is 0 Å². The van der Waals surface area contributed by atoms with Gasteiger partial charge in [-0.05, 0) is 0 Å². The van der Waals surface area contributed by atoms with Crippen molar-refractivity contribution in [2.75, 3.05) is 7.11 Å². The van der Waals surface area contributed by atoms with Gasteiger partial charge < -0.3 is 0 Å². The van der Waals surface area contributed by atoms with Gasteiger partial charge in [-0.1, -0.05) is 0 Å². The van der Waals surface area contributed by atoms with Gasteiger partial charge >= 0.3 is 121 Å². The van der Waals surface area contributed by atoms with E-state index in [1.807, 2.05) is 13.0 Å². The Morgan fingerprint density at radius 2 is 1.26 bits per heavy atom. The van der Waals surface area contributed by atoms with E-state index < -0.39 is 0 Å². The molecule has 0 heterocycles. The summed E-state index contributed by atoms with van der Waals surface area (Å²) < 4.78 is 43.4. The molecule has 19 heavy (non-hydrogen) atoms. The summed E-state index contributed by atoms with van der Waals surface area (Å²) in [5, 5.41) is 0. The molecule has 0 aliphatic rings. The molecule has 0 rings (SSSR count). The molecule has 0 aliphatic carbocycles. The summed E-state index contributed by atoms with van der Waals surface area (Å²) in [4.78, 5) is 0. The molecule has 0 aliphatic heterocycles. The van der Waals surface area contributed by atoms with Crippen LogP contribution in [-0.2, 0) is 43.8 Å². The number of hydrogen-bond donors (Lipinski definition) is 0. The first-order valence-corrected chi connectivity index (χ1v) is 4.65. The molecule has 0 unspecified atom stereocenters. The Bertz CT molecular complexity index is 237. The van der Waals surface area contributed by atoms with Crippen LogP contribution in [0.15, 0.2) is 12.2 Å². The van der Waals surface area contributed by atoms with Crippen molar-refractivity contribution in [3.63, 3.8) is 0 Å². The van der Waals surface area contributed by atoms with Crippen LogP contribution in [0.25, 0.3) is 0 Å². The van der Waals surface area contributed by atoms with E-state index in [0.717, 1.165) is 17.4 Å². The standard InChI is InChI=1S/C7H12O.5CO.Cr/c1-3-4-5-6-7-8-2;5*1-2;/h3-4H,5-6H2,1-2H3;;;;;;/b4-3+;;;;;;. The first-order chi connectivity index (χ1) is 9.31. The molecule has 6 nitrogen and oxygen atoms in total. The average Bonchev–Trinajstić information content (AvgIpc) is 2.57. The minimum absolute atomic E-state index is 0.980. The van der Waals surface area contributed by atoms with Crippen molar-refractivity contribution in [2.24, 2.45) is 0 Å². The molecular weight excluding hydrogens is 292 g/mol. The van der Waals surface area contributed by atoms with Gasteiger partial charge in [0, 0.05) is 0 Å². The summed E-state index contributed by atoms with van der Waals surface area (Å²) in [5.41, 5.74) is 0. The van der Waals surface area contributed by atoms with Gasteiger partial charge in [0.05, 0.1) is 0 Å². The number of methoxy groups -OCH3 is 1. The van der Waals surface area contributed by atoms with E-state index in [9.17, 15) is 0 Å². The Hall–Kier alpha value is -1.20. The summed E-state index contributed by atoms with van der Waals surface area (Å²) in [7, 11) is 1.68. The third kappa shape index (κ3) is 109. The number of hydrogen-bond acceptors (Lipinski definition) is 1. The Labute approximate surface area is 121 Å². The van der Waals surface area contributed by atoms with E-state index in [-0.39, 0.29) is 0 Å². The van der Waals surface area contributed by atoms with E-state index in [1.165, 1.54) is 0 Å². The Kier molecular flexibility index (Phi) is 172. The van der Waals surface area contributed by atoms with Crippen LogP contribution in [0.2, 0.25) is 0 Å². The van der Waals surface area contributed by atoms with Crippen molar-refractivity contribution >= 4 is 4.57 Å². The van der Waals surface area contributed by atoms with Gasteiger partial charge in [-0.2, -0.15) is 0 Å². The normalized spacial score (nSPS) is 5.47. The van der Waals surface area contributed by atoms with Crippen molar-refractivity contribution in [1.29, 1.82) is 0 Å². The average molecular weight is 304 g/mol. The molecule has 0 spiro atoms. The summed E-state index contributed by atoms with van der Waals surface area (Å²) in [5.74, 6) is 0. The summed E-state index contributed by atoms with van der Waals surface area (Å²) in [6, 6.07) is 0. The van der Waals surface area contributed by atoms with Gasteiger partial charge in [0.15, 0.2) is 0 Å². The third-order valence-electron chi connectivity index (χ3n) is 0.979. The van der Waals surface area contributed by atoms with Gasteiger partial charge in [0.2, 0.25) is 0 Å². The molecule has 0 saturated heterocycles. The molecular formula is C12H12CrO6. The summed E-state index contributed by atoms with van der Waals surface area (Å²) >= 11 is 2.85. The third-order valence-corrected chi connectivity index (χ3v) is 1.56. The molecule has 0 radical (unpaired) electrons. The molecule has 0 amide bonds. The zero-order valence-electron chi connectivity index (χ0n) is 10.4. The molecule has 0 aromatic carbocycles. The fraction of sp³-hybridized carbons (Fsp3) is 0.333. The zero-order chi connectivity index (χ0) is 17.1. The van der Waals surface area contributed by atoms with Crippen molar-refractivity contribution < 1.29 is 43.8 Å². The van der Waals surface area contributed by atoms with E-state index in [2.05, 4.69) is 55.2 Å². The molecule has 0 bridgehead atoms. The van der Waals surface area contributed by atoms with Gasteiger partial charge in [0.1, 0.15) is 0 Å². The zero-order valence-corrected chi connectivity index (χ0v) is 11.7. The minimum atomic E-state index is 0.980. The molecule has 0 aromatic rings. The van der Waals surface area contributed by atoms with Gasteiger partial charge in [0.25, 0.3) is 0 Å². The second-order valence-electron chi connectivity index (χ2n) is 1.68. The molecule has 0 N–H and O–H groups in total. The second kappa shape index (κ2) is 90.7. The molecule has 7 heteroatoms. The Morgan fingerprint density at radius 3 is 1.47 bits per heavy atom. The fourth-order valence-electron chi connectivity index (χ4n) is 0.470. The van der Waals surface area contributed by atoms with Crippen LogP contribution in [-0.4, -0.2) is 11.7 Å².